The molecule has 0 fully saturated rings. The largest absolute Gasteiger partial charge is 0.325 e. The molecule has 1 heterocycles. The molecule has 0 saturated carbocycles. The fourth-order valence-electron chi connectivity index (χ4n) is 3.05. The maximum absolute atomic E-state index is 12.9. The minimum atomic E-state index is -0.350. The predicted molar refractivity (Wildman–Crippen MR) is 104 cm³/mol. The van der Waals surface area contributed by atoms with Gasteiger partial charge in [-0.15, -0.1) is 11.8 Å². The van der Waals surface area contributed by atoms with E-state index in [9.17, 15) is 14.0 Å². The van der Waals surface area contributed by atoms with Crippen LogP contribution in [0.3, 0.4) is 0 Å². The zero-order valence-electron chi connectivity index (χ0n) is 14.7. The number of nitrogens with one attached hydrogen (secondary N) is 1. The number of hydrogen-bond acceptors (Lipinski definition) is 3. The second kappa shape index (κ2) is 7.91. The fraction of sp³-hybridized carbons (Fsp3) is 0.300. The third kappa shape index (κ3) is 4.07. The van der Waals surface area contributed by atoms with Crippen molar-refractivity contribution in [3.63, 3.8) is 0 Å². The van der Waals surface area contributed by atoms with Crippen LogP contribution in [0.5, 0.6) is 0 Å². The molecule has 2 atom stereocenters. The van der Waals surface area contributed by atoms with Crippen LogP contribution in [0, 0.1) is 5.82 Å². The van der Waals surface area contributed by atoms with Gasteiger partial charge in [-0.1, -0.05) is 25.1 Å². The number of halogens is 1. The van der Waals surface area contributed by atoms with Crippen molar-refractivity contribution >= 4 is 35.0 Å². The van der Waals surface area contributed by atoms with E-state index in [0.717, 1.165) is 5.69 Å². The van der Waals surface area contributed by atoms with Gasteiger partial charge in [0.15, 0.2) is 0 Å². The first-order chi connectivity index (χ1) is 12.5. The number of carbonyl (C=O) groups is 2. The zero-order valence-corrected chi connectivity index (χ0v) is 15.6. The topological polar surface area (TPSA) is 49.4 Å². The Morgan fingerprint density at radius 2 is 1.92 bits per heavy atom. The normalized spacial score (nSPS) is 16.9. The lowest BCUT2D eigenvalue weighted by molar-refractivity contribution is -0.117. The van der Waals surface area contributed by atoms with Crippen LogP contribution in [-0.2, 0) is 9.59 Å². The molecule has 1 aliphatic rings. The van der Waals surface area contributed by atoms with Crippen molar-refractivity contribution in [2.75, 3.05) is 22.5 Å². The molecule has 0 aliphatic carbocycles. The highest BCUT2D eigenvalue weighted by Gasteiger charge is 2.32. The van der Waals surface area contributed by atoms with Crippen LogP contribution >= 0.6 is 11.8 Å². The van der Waals surface area contributed by atoms with Crippen molar-refractivity contribution in [3.8, 4) is 0 Å². The lowest BCUT2D eigenvalue weighted by Gasteiger charge is -2.21. The molecule has 0 radical (unpaired) electrons. The Kier molecular flexibility index (Phi) is 5.61. The molecular formula is C20H21FN2O2S. The van der Waals surface area contributed by atoms with Crippen molar-refractivity contribution in [2.24, 2.45) is 0 Å². The van der Waals surface area contributed by atoms with E-state index in [4.69, 9.17) is 0 Å². The number of carbonyl (C=O) groups excluding carboxylic acids is 2. The second-order valence-corrected chi connectivity index (χ2v) is 7.75. The average molecular weight is 372 g/mol. The van der Waals surface area contributed by atoms with E-state index >= 15 is 0 Å². The van der Waals surface area contributed by atoms with E-state index in [0.29, 0.717) is 18.2 Å². The standard InChI is InChI=1S/C20H21FN2O2S/c1-13-11-23(18-6-4-3-5-17(13)18)20(25)14(2)26-12-19(24)22-16-9-7-15(21)8-10-16/h3-10,13-14H,11-12H2,1-2H3,(H,22,24)/t13-,14-/m1/s1. The fourth-order valence-corrected chi connectivity index (χ4v) is 3.79. The average Bonchev–Trinajstić information content (AvgIpc) is 2.98. The van der Waals surface area contributed by atoms with Crippen LogP contribution in [0.25, 0.3) is 0 Å². The maximum Gasteiger partial charge on any atom is 0.239 e. The minimum absolute atomic E-state index is 0.0152. The summed E-state index contributed by atoms with van der Waals surface area (Å²) < 4.78 is 12.9. The molecule has 0 bridgehead atoms. The Bertz CT molecular complexity index is 810. The van der Waals surface area contributed by atoms with Gasteiger partial charge in [0.1, 0.15) is 5.82 Å². The van der Waals surface area contributed by atoms with Crippen molar-refractivity contribution in [3.05, 3.63) is 59.9 Å². The number of fused-ring (bicyclic) bond motifs is 1. The number of thioether (sulfide) groups is 1. The summed E-state index contributed by atoms with van der Waals surface area (Å²) in [5.41, 5.74) is 2.69. The first kappa shape index (κ1) is 18.5. The van der Waals surface area contributed by atoms with E-state index in [1.807, 2.05) is 30.0 Å². The van der Waals surface area contributed by atoms with Crippen LogP contribution in [0.2, 0.25) is 0 Å². The van der Waals surface area contributed by atoms with Crippen molar-refractivity contribution in [2.45, 2.75) is 25.0 Å². The Labute approximate surface area is 156 Å². The van der Waals surface area contributed by atoms with Crippen molar-refractivity contribution < 1.29 is 14.0 Å². The quantitative estimate of drug-likeness (QED) is 0.862. The van der Waals surface area contributed by atoms with Crippen molar-refractivity contribution in [1.29, 1.82) is 0 Å². The highest BCUT2D eigenvalue weighted by atomic mass is 32.2. The van der Waals surface area contributed by atoms with Gasteiger partial charge in [-0.05, 0) is 42.8 Å². The summed E-state index contributed by atoms with van der Waals surface area (Å²) in [5.74, 6) is -0.0707. The summed E-state index contributed by atoms with van der Waals surface area (Å²) in [5, 5.41) is 2.38. The first-order valence-corrected chi connectivity index (χ1v) is 9.58. The van der Waals surface area contributed by atoms with Crippen LogP contribution in [0.15, 0.2) is 48.5 Å². The van der Waals surface area contributed by atoms with Gasteiger partial charge in [0.05, 0.1) is 11.0 Å². The maximum atomic E-state index is 12.9. The smallest absolute Gasteiger partial charge is 0.239 e. The highest BCUT2D eigenvalue weighted by molar-refractivity contribution is 8.01. The van der Waals surface area contributed by atoms with Gasteiger partial charge < -0.3 is 10.2 Å². The molecule has 2 amide bonds. The summed E-state index contributed by atoms with van der Waals surface area (Å²) in [4.78, 5) is 26.7. The molecule has 2 aromatic carbocycles. The Hall–Kier alpha value is -2.34. The van der Waals surface area contributed by atoms with Crippen LogP contribution in [0.1, 0.15) is 25.3 Å². The zero-order chi connectivity index (χ0) is 18.7. The molecule has 0 spiro atoms. The van der Waals surface area contributed by atoms with Crippen LogP contribution in [0.4, 0.5) is 15.8 Å². The van der Waals surface area contributed by atoms with E-state index in [-0.39, 0.29) is 28.6 Å². The molecule has 0 saturated heterocycles. The van der Waals surface area contributed by atoms with E-state index in [2.05, 4.69) is 18.3 Å². The number of amides is 2. The summed E-state index contributed by atoms with van der Waals surface area (Å²) in [6.45, 7) is 4.61. The Balaban J connectivity index is 1.55. The summed E-state index contributed by atoms with van der Waals surface area (Å²) in [7, 11) is 0. The number of rotatable bonds is 5. The number of hydrogen-bond donors (Lipinski definition) is 1. The summed E-state index contributed by atoms with van der Waals surface area (Å²) in [6, 6.07) is 13.6. The third-order valence-corrected chi connectivity index (χ3v) is 5.55. The van der Waals surface area contributed by atoms with Gasteiger partial charge in [0.2, 0.25) is 11.8 Å². The second-order valence-electron chi connectivity index (χ2n) is 6.42. The molecule has 1 aliphatic heterocycles. The Morgan fingerprint density at radius 1 is 1.23 bits per heavy atom. The number of anilines is 2. The molecule has 0 aromatic heterocycles. The van der Waals surface area contributed by atoms with Gasteiger partial charge in [-0.2, -0.15) is 0 Å². The van der Waals surface area contributed by atoms with Gasteiger partial charge in [-0.25, -0.2) is 4.39 Å². The molecule has 3 rings (SSSR count). The lowest BCUT2D eigenvalue weighted by Crippen LogP contribution is -2.36. The van der Waals surface area contributed by atoms with E-state index < -0.39 is 0 Å². The summed E-state index contributed by atoms with van der Waals surface area (Å²) in [6.07, 6.45) is 0. The molecule has 2 aromatic rings. The molecule has 1 N–H and O–H groups in total. The molecule has 136 valence electrons. The molecule has 26 heavy (non-hydrogen) atoms. The van der Waals surface area contributed by atoms with Gasteiger partial charge >= 0.3 is 0 Å². The van der Waals surface area contributed by atoms with E-state index in [1.165, 1.54) is 41.6 Å². The van der Waals surface area contributed by atoms with E-state index in [1.54, 1.807) is 0 Å². The number of nitrogens with zero attached hydrogens (tertiary/aromatic N) is 1. The summed E-state index contributed by atoms with van der Waals surface area (Å²) >= 11 is 1.30. The number of benzene rings is 2. The third-order valence-electron chi connectivity index (χ3n) is 4.42. The predicted octanol–water partition coefficient (Wildman–Crippen LogP) is 4.04. The minimum Gasteiger partial charge on any atom is -0.325 e. The Morgan fingerprint density at radius 3 is 2.65 bits per heavy atom. The first-order valence-electron chi connectivity index (χ1n) is 8.53. The lowest BCUT2D eigenvalue weighted by atomic mass is 10.0. The monoisotopic (exact) mass is 372 g/mol. The highest BCUT2D eigenvalue weighted by Crippen LogP contribution is 2.36. The molecule has 4 nitrogen and oxygen atoms in total. The molecule has 0 unspecified atom stereocenters. The van der Waals surface area contributed by atoms with Gasteiger partial charge in [0.25, 0.3) is 0 Å². The van der Waals surface area contributed by atoms with Gasteiger partial charge in [-0.3, -0.25) is 9.59 Å². The number of para-hydroxylation sites is 1. The van der Waals surface area contributed by atoms with Crippen molar-refractivity contribution in [1.82, 2.24) is 0 Å². The van der Waals surface area contributed by atoms with Gasteiger partial charge in [0, 0.05) is 23.8 Å². The SMILES string of the molecule is C[C@@H]1CN(C(=O)[C@@H](C)SCC(=O)Nc2ccc(F)cc2)c2ccccc21. The van der Waals surface area contributed by atoms with Crippen LogP contribution in [-0.4, -0.2) is 29.4 Å². The molecular weight excluding hydrogens is 351 g/mol. The van der Waals surface area contributed by atoms with Crippen LogP contribution < -0.4 is 10.2 Å². The molecule has 6 heteroatoms.